The van der Waals surface area contributed by atoms with Crippen molar-refractivity contribution in [1.82, 2.24) is 5.32 Å². The molecule has 0 heterocycles. The van der Waals surface area contributed by atoms with E-state index in [-0.39, 0.29) is 10.8 Å². The molecule has 0 spiro atoms. The Bertz CT molecular complexity index is 626. The van der Waals surface area contributed by atoms with Crippen molar-refractivity contribution in [2.24, 2.45) is 0 Å². The largest absolute Gasteiger partial charge is 0.450 e. The van der Waals surface area contributed by atoms with Crippen molar-refractivity contribution in [3.63, 3.8) is 0 Å². The standard InChI is InChI=1S/C15H13ClF3NO/c1-2-20-8-9-5-12(18)15(13(19)6-9)21-14-4-3-10(17)7-11(14)16/h3-7,20H,2,8H2,1H3. The minimum absolute atomic E-state index is 0.0182. The summed E-state index contributed by atoms with van der Waals surface area (Å²) in [5.41, 5.74) is 0.462. The lowest BCUT2D eigenvalue weighted by Gasteiger charge is -2.11. The minimum atomic E-state index is -0.844. The molecule has 0 fully saturated rings. The molecule has 0 unspecified atom stereocenters. The molecule has 21 heavy (non-hydrogen) atoms. The Morgan fingerprint density at radius 3 is 2.33 bits per heavy atom. The maximum absolute atomic E-state index is 13.9. The van der Waals surface area contributed by atoms with Crippen LogP contribution in [0.2, 0.25) is 5.02 Å². The molecule has 6 heteroatoms. The van der Waals surface area contributed by atoms with Crippen LogP contribution < -0.4 is 10.1 Å². The molecule has 0 saturated heterocycles. The van der Waals surface area contributed by atoms with Crippen LogP contribution in [0.5, 0.6) is 11.5 Å². The van der Waals surface area contributed by atoms with Gasteiger partial charge in [0, 0.05) is 6.54 Å². The highest BCUT2D eigenvalue weighted by molar-refractivity contribution is 6.32. The van der Waals surface area contributed by atoms with E-state index < -0.39 is 23.2 Å². The Morgan fingerprint density at radius 2 is 1.76 bits per heavy atom. The normalized spacial score (nSPS) is 10.7. The van der Waals surface area contributed by atoms with Crippen LogP contribution in [0.4, 0.5) is 13.2 Å². The van der Waals surface area contributed by atoms with Crippen LogP contribution in [0.15, 0.2) is 30.3 Å². The molecule has 112 valence electrons. The van der Waals surface area contributed by atoms with E-state index in [1.807, 2.05) is 6.92 Å². The van der Waals surface area contributed by atoms with Crippen molar-refractivity contribution < 1.29 is 17.9 Å². The van der Waals surface area contributed by atoms with Crippen LogP contribution in [-0.4, -0.2) is 6.54 Å². The van der Waals surface area contributed by atoms with Crippen LogP contribution in [0.3, 0.4) is 0 Å². The average molecular weight is 316 g/mol. The molecule has 0 radical (unpaired) electrons. The Hall–Kier alpha value is -1.72. The van der Waals surface area contributed by atoms with Crippen LogP contribution in [0.25, 0.3) is 0 Å². The number of halogens is 4. The van der Waals surface area contributed by atoms with E-state index in [2.05, 4.69) is 5.32 Å². The fourth-order valence-corrected chi connectivity index (χ4v) is 1.96. The van der Waals surface area contributed by atoms with Gasteiger partial charge in [0.05, 0.1) is 5.02 Å². The summed E-state index contributed by atoms with van der Waals surface area (Å²) in [5, 5.41) is 2.90. The van der Waals surface area contributed by atoms with Crippen LogP contribution in [0, 0.1) is 17.5 Å². The first-order valence-corrected chi connectivity index (χ1v) is 6.70. The average Bonchev–Trinajstić information content (AvgIpc) is 2.42. The topological polar surface area (TPSA) is 21.3 Å². The van der Waals surface area contributed by atoms with Gasteiger partial charge in [-0.05, 0) is 42.4 Å². The molecule has 0 amide bonds. The van der Waals surface area contributed by atoms with Crippen molar-refractivity contribution >= 4 is 11.6 Å². The predicted octanol–water partition coefficient (Wildman–Crippen LogP) is 4.66. The first-order valence-electron chi connectivity index (χ1n) is 6.32. The maximum Gasteiger partial charge on any atom is 0.198 e. The maximum atomic E-state index is 13.9. The molecule has 0 aliphatic rings. The molecule has 0 saturated carbocycles. The van der Waals surface area contributed by atoms with Crippen molar-refractivity contribution in [3.8, 4) is 11.5 Å². The molecule has 2 rings (SSSR count). The van der Waals surface area contributed by atoms with Crippen molar-refractivity contribution in [3.05, 3.63) is 58.4 Å². The first kappa shape index (κ1) is 15.7. The second-order valence-corrected chi connectivity index (χ2v) is 4.75. The number of hydrogen-bond donors (Lipinski definition) is 1. The Labute approximate surface area is 125 Å². The number of ether oxygens (including phenoxy) is 1. The molecular formula is C15H13ClF3NO. The summed E-state index contributed by atoms with van der Waals surface area (Å²) >= 11 is 5.76. The second-order valence-electron chi connectivity index (χ2n) is 4.35. The van der Waals surface area contributed by atoms with E-state index in [4.69, 9.17) is 16.3 Å². The van der Waals surface area contributed by atoms with Crippen molar-refractivity contribution in [2.75, 3.05) is 6.54 Å². The molecule has 2 aromatic rings. The van der Waals surface area contributed by atoms with Gasteiger partial charge in [0.2, 0.25) is 0 Å². The monoisotopic (exact) mass is 315 g/mol. The van der Waals surface area contributed by atoms with E-state index in [0.717, 1.165) is 12.1 Å². The van der Waals surface area contributed by atoms with E-state index in [1.165, 1.54) is 18.2 Å². The molecular weight excluding hydrogens is 303 g/mol. The van der Waals surface area contributed by atoms with E-state index >= 15 is 0 Å². The van der Waals surface area contributed by atoms with Gasteiger partial charge in [0.15, 0.2) is 17.4 Å². The zero-order valence-electron chi connectivity index (χ0n) is 11.2. The van der Waals surface area contributed by atoms with Gasteiger partial charge in [0.25, 0.3) is 0 Å². The number of hydrogen-bond acceptors (Lipinski definition) is 2. The lowest BCUT2D eigenvalue weighted by atomic mass is 10.2. The highest BCUT2D eigenvalue weighted by Gasteiger charge is 2.15. The van der Waals surface area contributed by atoms with E-state index in [0.29, 0.717) is 18.7 Å². The highest BCUT2D eigenvalue weighted by Crippen LogP contribution is 2.33. The van der Waals surface area contributed by atoms with Crippen molar-refractivity contribution in [1.29, 1.82) is 0 Å². The third-order valence-electron chi connectivity index (χ3n) is 2.74. The third-order valence-corrected chi connectivity index (χ3v) is 3.04. The third kappa shape index (κ3) is 3.89. The fourth-order valence-electron chi connectivity index (χ4n) is 1.75. The van der Waals surface area contributed by atoms with Gasteiger partial charge < -0.3 is 10.1 Å². The molecule has 0 aliphatic heterocycles. The lowest BCUT2D eigenvalue weighted by Crippen LogP contribution is -2.12. The van der Waals surface area contributed by atoms with Crippen LogP contribution in [0.1, 0.15) is 12.5 Å². The van der Waals surface area contributed by atoms with Gasteiger partial charge in [-0.15, -0.1) is 0 Å². The van der Waals surface area contributed by atoms with Crippen molar-refractivity contribution in [2.45, 2.75) is 13.5 Å². The van der Waals surface area contributed by atoms with Gasteiger partial charge in [-0.2, -0.15) is 0 Å². The molecule has 1 N–H and O–H groups in total. The Balaban J connectivity index is 2.27. The van der Waals surface area contributed by atoms with E-state index in [1.54, 1.807) is 0 Å². The summed E-state index contributed by atoms with van der Waals surface area (Å²) in [6.07, 6.45) is 0. The first-order chi connectivity index (χ1) is 10.0. The minimum Gasteiger partial charge on any atom is -0.450 e. The quantitative estimate of drug-likeness (QED) is 0.866. The molecule has 0 aromatic heterocycles. The van der Waals surface area contributed by atoms with Gasteiger partial charge in [-0.25, -0.2) is 13.2 Å². The number of rotatable bonds is 5. The van der Waals surface area contributed by atoms with Crippen LogP contribution in [-0.2, 0) is 6.54 Å². The van der Waals surface area contributed by atoms with Gasteiger partial charge in [-0.3, -0.25) is 0 Å². The summed E-state index contributed by atoms with van der Waals surface area (Å²) in [7, 11) is 0. The van der Waals surface area contributed by atoms with Gasteiger partial charge in [-0.1, -0.05) is 18.5 Å². The summed E-state index contributed by atoms with van der Waals surface area (Å²) in [6, 6.07) is 5.67. The molecule has 0 atom stereocenters. The highest BCUT2D eigenvalue weighted by atomic mass is 35.5. The fraction of sp³-hybridized carbons (Fsp3) is 0.200. The molecule has 0 aliphatic carbocycles. The molecule has 0 bridgehead atoms. The SMILES string of the molecule is CCNCc1cc(F)c(Oc2ccc(F)cc2Cl)c(F)c1. The summed E-state index contributed by atoms with van der Waals surface area (Å²) < 4.78 is 45.9. The Kier molecular flexibility index (Phi) is 5.09. The summed E-state index contributed by atoms with van der Waals surface area (Å²) in [4.78, 5) is 0. The molecule has 2 nitrogen and oxygen atoms in total. The number of benzene rings is 2. The van der Waals surface area contributed by atoms with E-state index in [9.17, 15) is 13.2 Å². The number of nitrogens with one attached hydrogen (secondary N) is 1. The second kappa shape index (κ2) is 6.83. The lowest BCUT2D eigenvalue weighted by molar-refractivity contribution is 0.405. The zero-order chi connectivity index (χ0) is 15.4. The zero-order valence-corrected chi connectivity index (χ0v) is 12.0. The van der Waals surface area contributed by atoms with Gasteiger partial charge >= 0.3 is 0 Å². The summed E-state index contributed by atoms with van der Waals surface area (Å²) in [5.74, 6) is -2.83. The molecule has 2 aromatic carbocycles. The van der Waals surface area contributed by atoms with Crippen LogP contribution >= 0.6 is 11.6 Å². The summed E-state index contributed by atoms with van der Waals surface area (Å²) in [6.45, 7) is 2.93. The van der Waals surface area contributed by atoms with Gasteiger partial charge in [0.1, 0.15) is 11.6 Å². The Morgan fingerprint density at radius 1 is 1.10 bits per heavy atom. The predicted molar refractivity (Wildman–Crippen MR) is 75.2 cm³/mol. The smallest absolute Gasteiger partial charge is 0.198 e.